The van der Waals surface area contributed by atoms with Gasteiger partial charge in [0.25, 0.3) is 0 Å². The fourth-order valence-electron chi connectivity index (χ4n) is 8.82. The fraction of sp³-hybridized carbons (Fsp3) is 0.860. The maximum absolute atomic E-state index is 14.2. The third-order valence-corrected chi connectivity index (χ3v) is 13.0. The SMILES string of the molecule is CCCCCCCC/C=C\CCCCCCCC(=O)OCCCCCC(C(=O)NCC(=O)OC(C)(C)C)N(CCN1CCCN(C)CC1)C(=O)CCCCCCC/C=C\CCCCCCCC. The normalized spacial score (nSPS) is 14.4. The highest BCUT2D eigenvalue weighted by Gasteiger charge is 2.30. The van der Waals surface area contributed by atoms with Crippen molar-refractivity contribution in [3.8, 4) is 0 Å². The largest absolute Gasteiger partial charge is 0.466 e. The number of hydrogen-bond donors (Lipinski definition) is 1. The Bertz CT molecular complexity index is 1280. The molecule has 0 aliphatic carbocycles. The molecule has 0 bridgehead atoms. The summed E-state index contributed by atoms with van der Waals surface area (Å²) in [7, 11) is 2.15. The number of nitrogens with one attached hydrogen (secondary N) is 1. The Hall–Kier alpha value is -2.72. The molecule has 0 radical (unpaired) electrons. The van der Waals surface area contributed by atoms with E-state index in [0.717, 1.165) is 96.8 Å². The molecule has 1 heterocycles. The number of esters is 2. The van der Waals surface area contributed by atoms with Crippen LogP contribution in [0.15, 0.2) is 24.3 Å². The number of allylic oxidation sites excluding steroid dienone is 4. The summed E-state index contributed by atoms with van der Waals surface area (Å²) in [5.74, 6) is -0.940. The minimum atomic E-state index is -0.698. The third kappa shape index (κ3) is 38.8. The van der Waals surface area contributed by atoms with E-state index in [9.17, 15) is 19.2 Å². The number of carbonyl (C=O) groups excluding carboxylic acids is 4. The van der Waals surface area contributed by atoms with E-state index < -0.39 is 17.6 Å². The van der Waals surface area contributed by atoms with Gasteiger partial charge in [-0.3, -0.25) is 19.2 Å². The van der Waals surface area contributed by atoms with Crippen LogP contribution in [0.2, 0.25) is 0 Å². The Morgan fingerprint density at radius 3 is 1.61 bits per heavy atom. The number of amides is 2. The highest BCUT2D eigenvalue weighted by Crippen LogP contribution is 2.18. The van der Waals surface area contributed by atoms with Crippen LogP contribution < -0.4 is 5.32 Å². The van der Waals surface area contributed by atoms with E-state index in [-0.39, 0.29) is 24.3 Å². The van der Waals surface area contributed by atoms with Crippen LogP contribution in [0.25, 0.3) is 0 Å². The summed E-state index contributed by atoms with van der Waals surface area (Å²) in [5.41, 5.74) is -0.665. The first kappa shape index (κ1) is 62.3. The average molecular weight is 943 g/mol. The fourth-order valence-corrected chi connectivity index (χ4v) is 8.82. The van der Waals surface area contributed by atoms with Crippen LogP contribution in [0.1, 0.15) is 247 Å². The summed E-state index contributed by atoms with van der Waals surface area (Å²) in [6.45, 7) is 15.2. The van der Waals surface area contributed by atoms with Gasteiger partial charge in [-0.25, -0.2) is 0 Å². The number of unbranched alkanes of at least 4 members (excludes halogenated alkanes) is 24. The Balaban J connectivity index is 2.65. The molecule has 2 amide bonds. The first-order valence-electron chi connectivity index (χ1n) is 28.1. The van der Waals surface area contributed by atoms with Gasteiger partial charge in [0.05, 0.1) is 6.61 Å². The summed E-state index contributed by atoms with van der Waals surface area (Å²) < 4.78 is 11.1. The molecule has 0 spiro atoms. The van der Waals surface area contributed by atoms with Crippen molar-refractivity contribution < 1.29 is 28.7 Å². The number of nitrogens with zero attached hydrogens (tertiary/aromatic N) is 3. The van der Waals surface area contributed by atoms with Crippen molar-refractivity contribution in [3.05, 3.63) is 24.3 Å². The Labute approximate surface area is 412 Å². The molecular weight excluding hydrogens is 837 g/mol. The van der Waals surface area contributed by atoms with E-state index >= 15 is 0 Å². The number of ether oxygens (including phenoxy) is 2. The molecule has 10 heteroatoms. The molecule has 1 saturated heterocycles. The monoisotopic (exact) mass is 943 g/mol. The highest BCUT2D eigenvalue weighted by molar-refractivity contribution is 5.89. The van der Waals surface area contributed by atoms with Crippen LogP contribution in [0.3, 0.4) is 0 Å². The summed E-state index contributed by atoms with van der Waals surface area (Å²) in [6.07, 6.45) is 45.4. The molecule has 1 rings (SSSR count). The van der Waals surface area contributed by atoms with Crippen LogP contribution in [0.4, 0.5) is 0 Å². The molecule has 10 nitrogen and oxygen atoms in total. The molecule has 0 aromatic rings. The topological polar surface area (TPSA) is 108 Å². The third-order valence-electron chi connectivity index (χ3n) is 13.0. The molecule has 0 aromatic heterocycles. The van der Waals surface area contributed by atoms with E-state index in [1.54, 1.807) is 0 Å². The number of hydrogen-bond acceptors (Lipinski definition) is 8. The molecule has 0 saturated carbocycles. The van der Waals surface area contributed by atoms with Gasteiger partial charge in [-0.05, 0) is 131 Å². The zero-order valence-electron chi connectivity index (χ0n) is 44.7. The summed E-state index contributed by atoms with van der Waals surface area (Å²) >= 11 is 0. The predicted molar refractivity (Wildman–Crippen MR) is 281 cm³/mol. The van der Waals surface area contributed by atoms with Crippen molar-refractivity contribution in [2.45, 2.75) is 258 Å². The Kier molecular flexibility index (Phi) is 40.3. The summed E-state index contributed by atoms with van der Waals surface area (Å²) in [4.78, 5) is 59.9. The Morgan fingerprint density at radius 1 is 0.582 bits per heavy atom. The molecule has 1 atom stereocenters. The van der Waals surface area contributed by atoms with Crippen LogP contribution in [0, 0.1) is 0 Å². The molecule has 1 unspecified atom stereocenters. The van der Waals surface area contributed by atoms with Gasteiger partial charge in [-0.2, -0.15) is 0 Å². The lowest BCUT2D eigenvalue weighted by Crippen LogP contribution is -2.52. The predicted octanol–water partition coefficient (Wildman–Crippen LogP) is 13.5. The zero-order valence-corrected chi connectivity index (χ0v) is 44.7. The second-order valence-electron chi connectivity index (χ2n) is 20.6. The van der Waals surface area contributed by atoms with Gasteiger partial charge in [0.15, 0.2) is 0 Å². The summed E-state index contributed by atoms with van der Waals surface area (Å²) in [6, 6.07) is -0.698. The Morgan fingerprint density at radius 2 is 1.07 bits per heavy atom. The van der Waals surface area contributed by atoms with Crippen LogP contribution in [-0.4, -0.2) is 110 Å². The van der Waals surface area contributed by atoms with Crippen molar-refractivity contribution in [1.82, 2.24) is 20.0 Å². The van der Waals surface area contributed by atoms with Crippen molar-refractivity contribution in [2.24, 2.45) is 0 Å². The molecule has 67 heavy (non-hydrogen) atoms. The second kappa shape index (κ2) is 43.3. The smallest absolute Gasteiger partial charge is 0.325 e. The van der Waals surface area contributed by atoms with Gasteiger partial charge in [0.2, 0.25) is 11.8 Å². The van der Waals surface area contributed by atoms with Crippen molar-refractivity contribution in [1.29, 1.82) is 0 Å². The first-order chi connectivity index (χ1) is 32.5. The van der Waals surface area contributed by atoms with Gasteiger partial charge in [-0.1, -0.05) is 147 Å². The van der Waals surface area contributed by atoms with Gasteiger partial charge >= 0.3 is 11.9 Å². The first-order valence-corrected chi connectivity index (χ1v) is 28.1. The van der Waals surface area contributed by atoms with Crippen molar-refractivity contribution in [3.63, 3.8) is 0 Å². The van der Waals surface area contributed by atoms with E-state index in [1.165, 1.54) is 109 Å². The van der Waals surface area contributed by atoms with Gasteiger partial charge in [0.1, 0.15) is 18.2 Å². The molecule has 1 aliphatic heterocycles. The molecule has 390 valence electrons. The maximum Gasteiger partial charge on any atom is 0.325 e. The molecule has 1 N–H and O–H groups in total. The minimum absolute atomic E-state index is 0.00607. The van der Waals surface area contributed by atoms with Crippen molar-refractivity contribution in [2.75, 3.05) is 59.5 Å². The van der Waals surface area contributed by atoms with Crippen LogP contribution in [0.5, 0.6) is 0 Å². The molecule has 1 aliphatic rings. The van der Waals surface area contributed by atoms with Crippen LogP contribution >= 0.6 is 0 Å². The van der Waals surface area contributed by atoms with Crippen molar-refractivity contribution >= 4 is 23.8 Å². The summed E-state index contributed by atoms with van der Waals surface area (Å²) in [5, 5.41) is 2.83. The van der Waals surface area contributed by atoms with E-state index in [4.69, 9.17) is 9.47 Å². The number of carbonyl (C=O) groups is 4. The number of likely N-dealkylation sites (N-methyl/N-ethyl adjacent to an activating group) is 1. The van der Waals surface area contributed by atoms with Crippen LogP contribution in [-0.2, 0) is 28.7 Å². The molecular formula is C57H106N4O6. The molecule has 0 aromatic carbocycles. The second-order valence-corrected chi connectivity index (χ2v) is 20.6. The average Bonchev–Trinajstić information content (AvgIpc) is 3.51. The van der Waals surface area contributed by atoms with E-state index in [0.29, 0.717) is 51.8 Å². The quantitative estimate of drug-likeness (QED) is 0.0366. The maximum atomic E-state index is 14.2. The number of rotatable bonds is 43. The van der Waals surface area contributed by atoms with Gasteiger partial charge < -0.3 is 29.5 Å². The lowest BCUT2D eigenvalue weighted by molar-refractivity contribution is -0.155. The van der Waals surface area contributed by atoms with E-state index in [2.05, 4.69) is 60.3 Å². The lowest BCUT2D eigenvalue weighted by Gasteiger charge is -2.33. The minimum Gasteiger partial charge on any atom is -0.466 e. The van der Waals surface area contributed by atoms with Gasteiger partial charge in [-0.15, -0.1) is 0 Å². The zero-order chi connectivity index (χ0) is 49.1. The highest BCUT2D eigenvalue weighted by atomic mass is 16.6. The van der Waals surface area contributed by atoms with Gasteiger partial charge in [0, 0.05) is 39.0 Å². The molecule has 1 fully saturated rings. The standard InChI is InChI=1S/C57H106N4O6/c1-7-9-11-13-15-17-19-21-23-25-27-29-31-33-37-42-53(62)61(49-48-60-45-40-44-59(6)46-47-60)52(56(65)58-51-55(64)67-57(3,4)5)41-36-35-39-50-66-54(63)43-38-34-32-30-28-26-24-22-20-18-16-14-12-10-8-2/h21-24,52H,7-20,25-51H2,1-6H3,(H,58,65)/b23-21-,24-22-. The van der Waals surface area contributed by atoms with E-state index in [1.807, 2.05) is 25.7 Å². The lowest BCUT2D eigenvalue weighted by atomic mass is 10.0.